The molecule has 29 heavy (non-hydrogen) atoms. The van der Waals surface area contributed by atoms with E-state index in [1.165, 1.54) is 12.8 Å². The number of rotatable bonds is 7. The summed E-state index contributed by atoms with van der Waals surface area (Å²) in [5.41, 5.74) is 5.07. The Labute approximate surface area is 180 Å². The minimum atomic E-state index is -0.250. The zero-order valence-electron chi connectivity index (χ0n) is 16.9. The Morgan fingerprint density at radius 3 is 2.52 bits per heavy atom. The number of hydrogen-bond donors (Lipinski definition) is 1. The highest BCUT2D eigenvalue weighted by molar-refractivity contribution is 9.10. The summed E-state index contributed by atoms with van der Waals surface area (Å²) in [5.74, 6) is 0.986. The molecule has 0 atom stereocenters. The molecule has 1 saturated heterocycles. The molecule has 0 radical (unpaired) electrons. The van der Waals surface area contributed by atoms with E-state index in [1.807, 2.05) is 50.2 Å². The van der Waals surface area contributed by atoms with Crippen LogP contribution in [0.5, 0.6) is 11.5 Å². The van der Waals surface area contributed by atoms with Crippen LogP contribution in [0.15, 0.2) is 46.0 Å². The number of carbonyl (C=O) groups excluding carboxylic acids is 1. The molecule has 7 heteroatoms. The number of methoxy groups -OCH3 is 1. The summed E-state index contributed by atoms with van der Waals surface area (Å²) in [6, 6.07) is 11.3. The van der Waals surface area contributed by atoms with Crippen molar-refractivity contribution in [2.24, 2.45) is 5.10 Å². The Kier molecular flexibility index (Phi) is 7.14. The van der Waals surface area contributed by atoms with Gasteiger partial charge in [0.1, 0.15) is 0 Å². The molecule has 0 saturated carbocycles. The predicted molar refractivity (Wildman–Crippen MR) is 119 cm³/mol. The lowest BCUT2D eigenvalue weighted by molar-refractivity contribution is 0.0955. The molecule has 1 N–H and O–H groups in total. The van der Waals surface area contributed by atoms with Crippen LogP contribution in [-0.4, -0.2) is 38.4 Å². The molecule has 2 aromatic rings. The van der Waals surface area contributed by atoms with Gasteiger partial charge in [0.05, 0.1) is 23.9 Å². The van der Waals surface area contributed by atoms with Gasteiger partial charge in [-0.2, -0.15) is 5.10 Å². The minimum Gasteiger partial charge on any atom is -0.493 e. The smallest absolute Gasteiger partial charge is 0.271 e. The van der Waals surface area contributed by atoms with E-state index in [4.69, 9.17) is 9.47 Å². The lowest BCUT2D eigenvalue weighted by atomic mass is 10.2. The molecule has 1 aliphatic heterocycles. The first kappa shape index (κ1) is 21.2. The van der Waals surface area contributed by atoms with E-state index in [2.05, 4.69) is 31.4 Å². The highest BCUT2D eigenvalue weighted by Crippen LogP contribution is 2.37. The Balaban J connectivity index is 1.64. The topological polar surface area (TPSA) is 63.2 Å². The van der Waals surface area contributed by atoms with Gasteiger partial charge in [-0.15, -0.1) is 0 Å². The minimum absolute atomic E-state index is 0.0239. The molecule has 0 aromatic heterocycles. The molecule has 1 fully saturated rings. The summed E-state index contributed by atoms with van der Waals surface area (Å²) in [6.45, 7) is 6.06. The summed E-state index contributed by atoms with van der Waals surface area (Å²) in [5, 5.41) is 4.07. The second-order valence-corrected chi connectivity index (χ2v) is 8.00. The Morgan fingerprint density at radius 2 is 1.90 bits per heavy atom. The number of hydrogen-bond acceptors (Lipinski definition) is 5. The first-order valence-corrected chi connectivity index (χ1v) is 10.5. The maximum atomic E-state index is 12.3. The molecule has 1 heterocycles. The van der Waals surface area contributed by atoms with Gasteiger partial charge in [0.2, 0.25) is 0 Å². The van der Waals surface area contributed by atoms with Gasteiger partial charge in [-0.1, -0.05) is 0 Å². The van der Waals surface area contributed by atoms with Crippen LogP contribution in [0, 0.1) is 0 Å². The predicted octanol–water partition coefficient (Wildman–Crippen LogP) is 4.61. The van der Waals surface area contributed by atoms with Crippen molar-refractivity contribution in [1.82, 2.24) is 5.43 Å². The number of halogens is 1. The Morgan fingerprint density at radius 1 is 1.21 bits per heavy atom. The number of ether oxygens (including phenoxy) is 2. The molecule has 1 aliphatic rings. The number of anilines is 1. The standard InChI is InChI=1S/C22H26BrN3O3/c1-15(2)29-21-19(23)12-16(13-20(21)28-3)14-24-25-22(27)17-6-8-18(9-7-17)26-10-4-5-11-26/h6-9,12-15H,4-5,10-11H2,1-3H3,(H,25,27)/b24-14-. The Hall–Kier alpha value is -2.54. The highest BCUT2D eigenvalue weighted by atomic mass is 79.9. The number of nitrogens with zero attached hydrogens (tertiary/aromatic N) is 2. The van der Waals surface area contributed by atoms with E-state index in [9.17, 15) is 4.79 Å². The Bertz CT molecular complexity index is 876. The van der Waals surface area contributed by atoms with E-state index >= 15 is 0 Å². The summed E-state index contributed by atoms with van der Waals surface area (Å²) in [4.78, 5) is 14.7. The van der Waals surface area contributed by atoms with E-state index in [0.717, 1.165) is 28.8 Å². The molecule has 0 spiro atoms. The summed E-state index contributed by atoms with van der Waals surface area (Å²) in [7, 11) is 1.59. The lowest BCUT2D eigenvalue weighted by Gasteiger charge is -2.17. The van der Waals surface area contributed by atoms with Gasteiger partial charge in [0.25, 0.3) is 5.91 Å². The molecule has 2 aromatic carbocycles. The zero-order valence-corrected chi connectivity index (χ0v) is 18.5. The second kappa shape index (κ2) is 9.78. The molecule has 6 nitrogen and oxygen atoms in total. The molecule has 154 valence electrons. The zero-order chi connectivity index (χ0) is 20.8. The van der Waals surface area contributed by atoms with Gasteiger partial charge in [-0.05, 0) is 84.6 Å². The van der Waals surface area contributed by atoms with Crippen molar-refractivity contribution in [3.63, 3.8) is 0 Å². The maximum Gasteiger partial charge on any atom is 0.271 e. The molecular formula is C22H26BrN3O3. The lowest BCUT2D eigenvalue weighted by Crippen LogP contribution is -2.19. The number of benzene rings is 2. The van der Waals surface area contributed by atoms with E-state index in [1.54, 1.807) is 13.3 Å². The fourth-order valence-electron chi connectivity index (χ4n) is 3.19. The van der Waals surface area contributed by atoms with Crippen LogP contribution in [0.2, 0.25) is 0 Å². The van der Waals surface area contributed by atoms with Crippen molar-refractivity contribution in [3.8, 4) is 11.5 Å². The van der Waals surface area contributed by atoms with Crippen molar-refractivity contribution in [2.45, 2.75) is 32.8 Å². The normalized spacial score (nSPS) is 13.9. The summed E-state index contributed by atoms with van der Waals surface area (Å²) in [6.07, 6.45) is 4.05. The van der Waals surface area contributed by atoms with E-state index in [-0.39, 0.29) is 12.0 Å². The molecular weight excluding hydrogens is 434 g/mol. The fourth-order valence-corrected chi connectivity index (χ4v) is 3.75. The van der Waals surface area contributed by atoms with Crippen LogP contribution in [-0.2, 0) is 0 Å². The fraction of sp³-hybridized carbons (Fsp3) is 0.364. The van der Waals surface area contributed by atoms with E-state index < -0.39 is 0 Å². The van der Waals surface area contributed by atoms with Gasteiger partial charge in [-0.3, -0.25) is 4.79 Å². The molecule has 0 aliphatic carbocycles. The first-order chi connectivity index (χ1) is 14.0. The number of amides is 1. The summed E-state index contributed by atoms with van der Waals surface area (Å²) < 4.78 is 11.9. The number of hydrazone groups is 1. The van der Waals surface area contributed by atoms with Gasteiger partial charge in [0.15, 0.2) is 11.5 Å². The third kappa shape index (κ3) is 5.50. The average Bonchev–Trinajstić information content (AvgIpc) is 3.24. The van der Waals surface area contributed by atoms with Gasteiger partial charge >= 0.3 is 0 Å². The van der Waals surface area contributed by atoms with Crippen LogP contribution in [0.1, 0.15) is 42.6 Å². The average molecular weight is 460 g/mol. The van der Waals surface area contributed by atoms with Crippen molar-refractivity contribution in [2.75, 3.05) is 25.1 Å². The molecule has 1 amide bonds. The van der Waals surface area contributed by atoms with Crippen molar-refractivity contribution in [1.29, 1.82) is 0 Å². The first-order valence-electron chi connectivity index (χ1n) is 9.70. The maximum absolute atomic E-state index is 12.3. The molecule has 0 unspecified atom stereocenters. The van der Waals surface area contributed by atoms with Crippen LogP contribution in [0.4, 0.5) is 5.69 Å². The van der Waals surface area contributed by atoms with Crippen molar-refractivity contribution in [3.05, 3.63) is 52.0 Å². The number of nitrogens with one attached hydrogen (secondary N) is 1. The molecule has 3 rings (SSSR count). The highest BCUT2D eigenvalue weighted by Gasteiger charge is 2.14. The van der Waals surface area contributed by atoms with Crippen molar-refractivity contribution >= 4 is 33.7 Å². The summed E-state index contributed by atoms with van der Waals surface area (Å²) >= 11 is 3.50. The quantitative estimate of drug-likeness (QED) is 0.484. The van der Waals surface area contributed by atoms with Crippen LogP contribution >= 0.6 is 15.9 Å². The van der Waals surface area contributed by atoms with Gasteiger partial charge in [-0.25, -0.2) is 5.43 Å². The van der Waals surface area contributed by atoms with Crippen LogP contribution in [0.25, 0.3) is 0 Å². The molecule has 0 bridgehead atoms. The van der Waals surface area contributed by atoms with E-state index in [0.29, 0.717) is 17.1 Å². The second-order valence-electron chi connectivity index (χ2n) is 7.14. The van der Waals surface area contributed by atoms with Crippen LogP contribution < -0.4 is 19.8 Å². The third-order valence-corrected chi connectivity index (χ3v) is 5.17. The largest absolute Gasteiger partial charge is 0.493 e. The van der Waals surface area contributed by atoms with Gasteiger partial charge in [0, 0.05) is 24.3 Å². The van der Waals surface area contributed by atoms with Crippen molar-refractivity contribution < 1.29 is 14.3 Å². The monoisotopic (exact) mass is 459 g/mol. The van der Waals surface area contributed by atoms with Gasteiger partial charge < -0.3 is 14.4 Å². The van der Waals surface area contributed by atoms with Crippen LogP contribution in [0.3, 0.4) is 0 Å². The SMILES string of the molecule is COc1cc(/C=N\NC(=O)c2ccc(N3CCCC3)cc2)cc(Br)c1OC(C)C. The third-order valence-electron chi connectivity index (χ3n) is 4.59. The number of carbonyl (C=O) groups is 1.